The van der Waals surface area contributed by atoms with Crippen LogP contribution in [0.25, 0.3) is 11.4 Å². The first-order chi connectivity index (χ1) is 9.67. The molecule has 0 aliphatic carbocycles. The van der Waals surface area contributed by atoms with Gasteiger partial charge in [-0.15, -0.1) is 10.2 Å². The number of aryl methyl sites for hydroxylation is 1. The van der Waals surface area contributed by atoms with Crippen LogP contribution in [0.15, 0.2) is 29.4 Å². The number of hydrogen-bond donors (Lipinski definition) is 0. The van der Waals surface area contributed by atoms with Gasteiger partial charge in [0.15, 0.2) is 11.0 Å². The highest BCUT2D eigenvalue weighted by atomic mass is 32.2. The molecule has 1 aromatic carbocycles. The van der Waals surface area contributed by atoms with E-state index in [0.29, 0.717) is 0 Å². The van der Waals surface area contributed by atoms with E-state index in [1.54, 1.807) is 0 Å². The summed E-state index contributed by atoms with van der Waals surface area (Å²) >= 11 is 1.34. The van der Waals surface area contributed by atoms with Crippen molar-refractivity contribution < 1.29 is 9.53 Å². The molecule has 20 heavy (non-hydrogen) atoms. The average Bonchev–Trinajstić information content (AvgIpc) is 2.87. The number of carbonyl (C=O) groups is 1. The molecule has 1 heterocycles. The summed E-state index contributed by atoms with van der Waals surface area (Å²) in [7, 11) is 1.38. The lowest BCUT2D eigenvalue weighted by Crippen LogP contribution is -2.06. The summed E-state index contributed by atoms with van der Waals surface area (Å²) in [6.07, 6.45) is 0. The first kappa shape index (κ1) is 14.6. The molecule has 0 saturated heterocycles. The zero-order valence-corrected chi connectivity index (χ0v) is 12.6. The Morgan fingerprint density at radius 1 is 1.35 bits per heavy atom. The van der Waals surface area contributed by atoms with Gasteiger partial charge in [-0.25, -0.2) is 0 Å². The van der Waals surface area contributed by atoms with Crippen LogP contribution in [0.2, 0.25) is 0 Å². The number of thioether (sulfide) groups is 1. The molecule has 5 nitrogen and oxygen atoms in total. The molecule has 2 rings (SSSR count). The van der Waals surface area contributed by atoms with Crippen molar-refractivity contribution in [2.45, 2.75) is 25.5 Å². The zero-order valence-electron chi connectivity index (χ0n) is 11.8. The predicted molar refractivity (Wildman–Crippen MR) is 78.6 cm³/mol. The van der Waals surface area contributed by atoms with E-state index in [1.165, 1.54) is 18.9 Å². The molecular formula is C14H17N3O2S. The highest BCUT2D eigenvalue weighted by Gasteiger charge is 2.15. The number of benzene rings is 1. The van der Waals surface area contributed by atoms with Gasteiger partial charge in [-0.3, -0.25) is 4.79 Å². The second-order valence-corrected chi connectivity index (χ2v) is 5.17. The van der Waals surface area contributed by atoms with Crippen LogP contribution < -0.4 is 0 Å². The van der Waals surface area contributed by atoms with Crippen molar-refractivity contribution in [1.82, 2.24) is 14.8 Å². The molecule has 0 atom stereocenters. The van der Waals surface area contributed by atoms with E-state index < -0.39 is 0 Å². The standard InChI is InChI=1S/C14H17N3O2S/c1-4-17-13(11-8-6-5-7-10(11)2)15-16-14(17)20-9-12(18)19-3/h5-8H,4,9H2,1-3H3. The van der Waals surface area contributed by atoms with Gasteiger partial charge >= 0.3 is 5.97 Å². The molecule has 0 bridgehead atoms. The normalized spacial score (nSPS) is 10.6. The van der Waals surface area contributed by atoms with Gasteiger partial charge in [-0.2, -0.15) is 0 Å². The first-order valence-corrected chi connectivity index (χ1v) is 7.34. The van der Waals surface area contributed by atoms with E-state index in [-0.39, 0.29) is 11.7 Å². The van der Waals surface area contributed by atoms with Gasteiger partial charge in [0.25, 0.3) is 0 Å². The van der Waals surface area contributed by atoms with E-state index in [9.17, 15) is 4.79 Å². The van der Waals surface area contributed by atoms with Crippen LogP contribution >= 0.6 is 11.8 Å². The Kier molecular flexibility index (Phi) is 4.79. The molecular weight excluding hydrogens is 274 g/mol. The molecule has 0 amide bonds. The molecule has 0 spiro atoms. The Hall–Kier alpha value is -1.82. The van der Waals surface area contributed by atoms with Crippen LogP contribution in [0.4, 0.5) is 0 Å². The van der Waals surface area contributed by atoms with Crippen molar-refractivity contribution in [3.05, 3.63) is 29.8 Å². The first-order valence-electron chi connectivity index (χ1n) is 6.36. The SMILES string of the molecule is CCn1c(SCC(=O)OC)nnc1-c1ccccc1C. The molecule has 0 fully saturated rings. The van der Waals surface area contributed by atoms with E-state index in [1.807, 2.05) is 42.7 Å². The predicted octanol–water partition coefficient (Wildman–Crippen LogP) is 2.54. The highest BCUT2D eigenvalue weighted by Crippen LogP contribution is 2.26. The van der Waals surface area contributed by atoms with Gasteiger partial charge < -0.3 is 9.30 Å². The van der Waals surface area contributed by atoms with Gasteiger partial charge in [-0.05, 0) is 19.4 Å². The summed E-state index contributed by atoms with van der Waals surface area (Å²) in [5.41, 5.74) is 2.21. The second kappa shape index (κ2) is 6.56. The second-order valence-electron chi connectivity index (χ2n) is 4.23. The van der Waals surface area contributed by atoms with Crippen LogP contribution in [0.5, 0.6) is 0 Å². The molecule has 1 aromatic heterocycles. The van der Waals surface area contributed by atoms with E-state index in [4.69, 9.17) is 0 Å². The van der Waals surface area contributed by atoms with Crippen molar-refractivity contribution in [2.24, 2.45) is 0 Å². The van der Waals surface area contributed by atoms with Crippen LogP contribution in [-0.4, -0.2) is 33.6 Å². The smallest absolute Gasteiger partial charge is 0.316 e. The lowest BCUT2D eigenvalue weighted by Gasteiger charge is -2.08. The number of methoxy groups -OCH3 is 1. The summed E-state index contributed by atoms with van der Waals surface area (Å²) in [4.78, 5) is 11.2. The number of rotatable bonds is 5. The summed E-state index contributed by atoms with van der Waals surface area (Å²) in [6, 6.07) is 8.06. The van der Waals surface area contributed by atoms with E-state index in [0.717, 1.165) is 28.7 Å². The molecule has 0 radical (unpaired) electrons. The Labute approximate surface area is 122 Å². The van der Waals surface area contributed by atoms with Gasteiger partial charge in [-0.1, -0.05) is 36.0 Å². The summed E-state index contributed by atoms with van der Waals surface area (Å²) in [6.45, 7) is 4.83. The molecule has 0 aliphatic rings. The van der Waals surface area contributed by atoms with Crippen LogP contribution in [0.3, 0.4) is 0 Å². The lowest BCUT2D eigenvalue weighted by molar-refractivity contribution is -0.137. The van der Waals surface area contributed by atoms with Crippen LogP contribution in [0.1, 0.15) is 12.5 Å². The van der Waals surface area contributed by atoms with Crippen molar-refractivity contribution in [1.29, 1.82) is 0 Å². The Bertz CT molecular complexity index is 610. The third kappa shape index (κ3) is 3.01. The number of ether oxygens (including phenoxy) is 1. The largest absolute Gasteiger partial charge is 0.468 e. The maximum atomic E-state index is 11.2. The summed E-state index contributed by atoms with van der Waals surface area (Å²) < 4.78 is 6.65. The van der Waals surface area contributed by atoms with Crippen molar-refractivity contribution in [2.75, 3.05) is 12.9 Å². The Balaban J connectivity index is 2.30. The lowest BCUT2D eigenvalue weighted by atomic mass is 10.1. The summed E-state index contributed by atoms with van der Waals surface area (Å²) in [5, 5.41) is 9.17. The minimum atomic E-state index is -0.266. The number of hydrogen-bond acceptors (Lipinski definition) is 5. The quantitative estimate of drug-likeness (QED) is 0.626. The maximum Gasteiger partial charge on any atom is 0.316 e. The fourth-order valence-electron chi connectivity index (χ4n) is 1.89. The van der Waals surface area contributed by atoms with Crippen molar-refractivity contribution in [3.8, 4) is 11.4 Å². The molecule has 2 aromatic rings. The number of aromatic nitrogens is 3. The van der Waals surface area contributed by atoms with Crippen LogP contribution in [-0.2, 0) is 16.1 Å². The number of nitrogens with zero attached hydrogens (tertiary/aromatic N) is 3. The Morgan fingerprint density at radius 2 is 2.10 bits per heavy atom. The van der Waals surface area contributed by atoms with Gasteiger partial charge in [0, 0.05) is 12.1 Å². The zero-order chi connectivity index (χ0) is 14.5. The van der Waals surface area contributed by atoms with Crippen molar-refractivity contribution >= 4 is 17.7 Å². The Morgan fingerprint density at radius 3 is 2.75 bits per heavy atom. The van der Waals surface area contributed by atoms with Gasteiger partial charge in [0.2, 0.25) is 0 Å². The van der Waals surface area contributed by atoms with Crippen molar-refractivity contribution in [3.63, 3.8) is 0 Å². The van der Waals surface area contributed by atoms with E-state index >= 15 is 0 Å². The van der Waals surface area contributed by atoms with Gasteiger partial charge in [0.1, 0.15) is 0 Å². The molecule has 6 heteroatoms. The van der Waals surface area contributed by atoms with Crippen LogP contribution in [0, 0.1) is 6.92 Å². The fraction of sp³-hybridized carbons (Fsp3) is 0.357. The minimum absolute atomic E-state index is 0.238. The molecule has 0 unspecified atom stereocenters. The molecule has 0 saturated carbocycles. The number of esters is 1. The summed E-state index contributed by atoms with van der Waals surface area (Å²) in [5.74, 6) is 0.804. The molecule has 106 valence electrons. The average molecular weight is 291 g/mol. The van der Waals surface area contributed by atoms with Gasteiger partial charge in [0.05, 0.1) is 12.9 Å². The monoisotopic (exact) mass is 291 g/mol. The fourth-order valence-corrected chi connectivity index (χ4v) is 2.72. The minimum Gasteiger partial charge on any atom is -0.468 e. The topological polar surface area (TPSA) is 57.0 Å². The molecule has 0 N–H and O–H groups in total. The third-order valence-corrected chi connectivity index (χ3v) is 3.91. The third-order valence-electron chi connectivity index (χ3n) is 2.97. The highest BCUT2D eigenvalue weighted by molar-refractivity contribution is 7.99. The molecule has 0 aliphatic heterocycles. The number of carbonyl (C=O) groups excluding carboxylic acids is 1. The van der Waals surface area contributed by atoms with E-state index in [2.05, 4.69) is 14.9 Å². The maximum absolute atomic E-state index is 11.2.